The van der Waals surface area contributed by atoms with Crippen LogP contribution in [0.4, 0.5) is 0 Å². The van der Waals surface area contributed by atoms with E-state index in [1.54, 1.807) is 7.11 Å². The topological polar surface area (TPSA) is 43.6 Å². The van der Waals surface area contributed by atoms with E-state index in [1.807, 2.05) is 25.2 Å². The minimum Gasteiger partial charge on any atom is -0.459 e. The quantitative estimate of drug-likeness (QED) is 0.765. The summed E-state index contributed by atoms with van der Waals surface area (Å²) in [7, 11) is 3.58. The highest BCUT2D eigenvalue weighted by Crippen LogP contribution is 2.26. The third-order valence-electron chi connectivity index (χ3n) is 2.80. The minimum absolute atomic E-state index is 0.553. The van der Waals surface area contributed by atoms with Crippen molar-refractivity contribution in [3.63, 3.8) is 0 Å². The molecule has 0 atom stereocenters. The minimum atomic E-state index is 0.553. The Balaban J connectivity index is 2.19. The molecule has 0 unspecified atom stereocenters. The van der Waals surface area contributed by atoms with Crippen LogP contribution in [0.5, 0.6) is 0 Å². The lowest BCUT2D eigenvalue weighted by Gasteiger charge is -2.04. The number of rotatable bonds is 7. The smallest absolute Gasteiger partial charge is 0.134 e. The van der Waals surface area contributed by atoms with Gasteiger partial charge in [0.05, 0.1) is 26.4 Å². The monoisotopic (exact) mass is 249 g/mol. The average Bonchev–Trinajstić information content (AvgIpc) is 2.73. The van der Waals surface area contributed by atoms with Gasteiger partial charge in [-0.2, -0.15) is 0 Å². The zero-order valence-corrected chi connectivity index (χ0v) is 10.9. The molecule has 0 aliphatic carbocycles. The summed E-state index contributed by atoms with van der Waals surface area (Å²) in [6.07, 6.45) is 0. The number of para-hydroxylation sites is 1. The van der Waals surface area contributed by atoms with E-state index in [1.165, 1.54) is 0 Å². The lowest BCUT2D eigenvalue weighted by Crippen LogP contribution is -2.08. The van der Waals surface area contributed by atoms with E-state index in [0.717, 1.165) is 22.3 Å². The number of nitrogens with one attached hydrogen (secondary N) is 1. The van der Waals surface area contributed by atoms with Gasteiger partial charge in [-0.1, -0.05) is 18.2 Å². The molecule has 98 valence electrons. The Morgan fingerprint density at radius 1 is 1.22 bits per heavy atom. The van der Waals surface area contributed by atoms with Crippen LogP contribution in [0.3, 0.4) is 0 Å². The maximum atomic E-state index is 5.82. The van der Waals surface area contributed by atoms with Crippen LogP contribution in [0, 0.1) is 0 Å². The number of hydrogen-bond donors (Lipinski definition) is 1. The summed E-state index contributed by atoms with van der Waals surface area (Å²) in [5.74, 6) is 0.941. The van der Waals surface area contributed by atoms with Gasteiger partial charge in [-0.05, 0) is 13.1 Å². The van der Waals surface area contributed by atoms with Crippen LogP contribution < -0.4 is 5.32 Å². The molecule has 1 heterocycles. The second kappa shape index (κ2) is 6.54. The fourth-order valence-electron chi connectivity index (χ4n) is 1.93. The van der Waals surface area contributed by atoms with E-state index in [9.17, 15) is 0 Å². The maximum absolute atomic E-state index is 5.82. The molecular formula is C14H19NO3. The molecule has 1 aromatic carbocycles. The molecule has 0 bridgehead atoms. The first kappa shape index (κ1) is 13.1. The number of methoxy groups -OCH3 is 1. The summed E-state index contributed by atoms with van der Waals surface area (Å²) in [4.78, 5) is 0. The third-order valence-corrected chi connectivity index (χ3v) is 2.80. The highest BCUT2D eigenvalue weighted by atomic mass is 16.5. The Morgan fingerprint density at radius 2 is 2.06 bits per heavy atom. The van der Waals surface area contributed by atoms with Crippen LogP contribution in [-0.4, -0.2) is 27.4 Å². The zero-order valence-electron chi connectivity index (χ0n) is 10.9. The SMILES string of the molecule is CNCc1oc2ccccc2c1COCCOC. The number of hydrogen-bond acceptors (Lipinski definition) is 4. The van der Waals surface area contributed by atoms with Gasteiger partial charge in [-0.25, -0.2) is 0 Å². The maximum Gasteiger partial charge on any atom is 0.134 e. The van der Waals surface area contributed by atoms with Gasteiger partial charge in [-0.3, -0.25) is 0 Å². The van der Waals surface area contributed by atoms with Gasteiger partial charge in [-0.15, -0.1) is 0 Å². The molecule has 2 aromatic rings. The van der Waals surface area contributed by atoms with Crippen molar-refractivity contribution < 1.29 is 13.9 Å². The first-order valence-corrected chi connectivity index (χ1v) is 6.07. The van der Waals surface area contributed by atoms with Crippen LogP contribution in [0.25, 0.3) is 11.0 Å². The van der Waals surface area contributed by atoms with E-state index in [4.69, 9.17) is 13.9 Å². The van der Waals surface area contributed by atoms with Crippen LogP contribution >= 0.6 is 0 Å². The van der Waals surface area contributed by atoms with Crippen LogP contribution in [0.15, 0.2) is 28.7 Å². The van der Waals surface area contributed by atoms with E-state index in [-0.39, 0.29) is 0 Å². The summed E-state index contributed by atoms with van der Waals surface area (Å²) in [5, 5.41) is 4.24. The van der Waals surface area contributed by atoms with Gasteiger partial charge in [0.1, 0.15) is 11.3 Å². The predicted octanol–water partition coefficient (Wildman–Crippen LogP) is 2.32. The molecular weight excluding hydrogens is 230 g/mol. The van der Waals surface area contributed by atoms with E-state index >= 15 is 0 Å². The van der Waals surface area contributed by atoms with Crippen molar-refractivity contribution in [2.24, 2.45) is 0 Å². The lowest BCUT2D eigenvalue weighted by atomic mass is 10.1. The van der Waals surface area contributed by atoms with Gasteiger partial charge in [0.25, 0.3) is 0 Å². The van der Waals surface area contributed by atoms with E-state index < -0.39 is 0 Å². The summed E-state index contributed by atoms with van der Waals surface area (Å²) in [6, 6.07) is 8.03. The number of benzene rings is 1. The molecule has 4 nitrogen and oxygen atoms in total. The molecule has 2 rings (SSSR count). The third kappa shape index (κ3) is 2.90. The summed E-state index contributed by atoms with van der Waals surface area (Å²) >= 11 is 0. The van der Waals surface area contributed by atoms with Gasteiger partial charge in [0, 0.05) is 18.1 Å². The van der Waals surface area contributed by atoms with Crippen molar-refractivity contribution in [2.75, 3.05) is 27.4 Å². The van der Waals surface area contributed by atoms with Crippen molar-refractivity contribution in [1.82, 2.24) is 5.32 Å². The molecule has 0 saturated heterocycles. The lowest BCUT2D eigenvalue weighted by molar-refractivity contribution is 0.0614. The Hall–Kier alpha value is -1.36. The first-order valence-electron chi connectivity index (χ1n) is 6.07. The molecule has 18 heavy (non-hydrogen) atoms. The fraction of sp³-hybridized carbons (Fsp3) is 0.429. The number of furan rings is 1. The van der Waals surface area contributed by atoms with E-state index in [0.29, 0.717) is 26.4 Å². The molecule has 0 spiro atoms. The first-order chi connectivity index (χ1) is 8.86. The van der Waals surface area contributed by atoms with Crippen LogP contribution in [0.1, 0.15) is 11.3 Å². The van der Waals surface area contributed by atoms with Gasteiger partial charge < -0.3 is 19.2 Å². The molecule has 0 amide bonds. The van der Waals surface area contributed by atoms with Crippen LogP contribution in [0.2, 0.25) is 0 Å². The highest BCUT2D eigenvalue weighted by molar-refractivity contribution is 5.82. The molecule has 0 aliphatic rings. The Labute approximate surface area is 107 Å². The summed E-state index contributed by atoms with van der Waals surface area (Å²) in [6.45, 7) is 2.46. The Kier molecular flexibility index (Phi) is 4.75. The van der Waals surface area contributed by atoms with E-state index in [2.05, 4.69) is 11.4 Å². The Morgan fingerprint density at radius 3 is 2.83 bits per heavy atom. The second-order valence-electron chi connectivity index (χ2n) is 4.08. The molecule has 1 N–H and O–H groups in total. The predicted molar refractivity (Wildman–Crippen MR) is 70.5 cm³/mol. The summed E-state index contributed by atoms with van der Waals surface area (Å²) in [5.41, 5.74) is 2.03. The second-order valence-corrected chi connectivity index (χ2v) is 4.08. The largest absolute Gasteiger partial charge is 0.459 e. The normalized spacial score (nSPS) is 11.2. The molecule has 4 heteroatoms. The van der Waals surface area contributed by atoms with Crippen molar-refractivity contribution in [2.45, 2.75) is 13.2 Å². The fourth-order valence-corrected chi connectivity index (χ4v) is 1.93. The highest BCUT2D eigenvalue weighted by Gasteiger charge is 2.12. The van der Waals surface area contributed by atoms with Crippen molar-refractivity contribution in [1.29, 1.82) is 0 Å². The van der Waals surface area contributed by atoms with Crippen molar-refractivity contribution in [3.8, 4) is 0 Å². The molecule has 0 aliphatic heterocycles. The molecule has 0 saturated carbocycles. The van der Waals surface area contributed by atoms with Gasteiger partial charge >= 0.3 is 0 Å². The van der Waals surface area contributed by atoms with Crippen molar-refractivity contribution in [3.05, 3.63) is 35.6 Å². The van der Waals surface area contributed by atoms with Crippen LogP contribution in [-0.2, 0) is 22.6 Å². The molecule has 0 fully saturated rings. The summed E-state index contributed by atoms with van der Waals surface area (Å²) < 4.78 is 16.4. The molecule has 0 radical (unpaired) electrons. The Bertz CT molecular complexity index is 493. The van der Waals surface area contributed by atoms with Gasteiger partial charge in [0.2, 0.25) is 0 Å². The number of ether oxygens (including phenoxy) is 2. The van der Waals surface area contributed by atoms with Crippen molar-refractivity contribution >= 4 is 11.0 Å². The number of fused-ring (bicyclic) bond motifs is 1. The average molecular weight is 249 g/mol. The standard InChI is InChI=1S/C14H19NO3/c1-15-9-14-12(10-17-8-7-16-2)11-5-3-4-6-13(11)18-14/h3-6,15H,7-10H2,1-2H3. The molecule has 1 aromatic heterocycles. The zero-order chi connectivity index (χ0) is 12.8. The van der Waals surface area contributed by atoms with Gasteiger partial charge in [0.15, 0.2) is 0 Å².